The molecule has 0 spiro atoms. The Balaban J connectivity index is 1.91. The molecule has 5 nitrogen and oxygen atoms in total. The average molecular weight is 241 g/mol. The fourth-order valence-corrected chi connectivity index (χ4v) is 2.41. The molecule has 2 amide bonds. The summed E-state index contributed by atoms with van der Waals surface area (Å²) in [6, 6.07) is -0.173. The summed E-state index contributed by atoms with van der Waals surface area (Å²) in [5.74, 6) is 0. The maximum Gasteiger partial charge on any atom is 0.323 e. The second kappa shape index (κ2) is 4.80. The number of urea groups is 1. The van der Waals surface area contributed by atoms with Crippen molar-refractivity contribution in [2.75, 3.05) is 18.4 Å². The van der Waals surface area contributed by atoms with Crippen molar-refractivity contribution in [1.29, 1.82) is 0 Å². The predicted octanol–water partition coefficient (Wildman–Crippen LogP) is 1.30. The van der Waals surface area contributed by atoms with E-state index in [9.17, 15) is 9.90 Å². The molecule has 0 bridgehead atoms. The second-order valence-electron chi connectivity index (χ2n) is 3.82. The Bertz CT molecular complexity index is 380. The molecular formula is C10H15N3O2S. The van der Waals surface area contributed by atoms with Gasteiger partial charge in [-0.05, 0) is 12.8 Å². The van der Waals surface area contributed by atoms with Crippen LogP contribution >= 0.6 is 11.3 Å². The van der Waals surface area contributed by atoms with Crippen molar-refractivity contribution < 1.29 is 9.90 Å². The van der Waals surface area contributed by atoms with Crippen LogP contribution in [0.4, 0.5) is 9.93 Å². The smallest absolute Gasteiger partial charge is 0.323 e. The van der Waals surface area contributed by atoms with E-state index < -0.39 is 0 Å². The van der Waals surface area contributed by atoms with E-state index in [1.807, 2.05) is 12.3 Å². The fourth-order valence-electron chi connectivity index (χ4n) is 1.62. The Hall–Kier alpha value is -1.14. The van der Waals surface area contributed by atoms with Gasteiger partial charge in [0.2, 0.25) is 0 Å². The highest BCUT2D eigenvalue weighted by atomic mass is 32.1. The molecule has 1 fully saturated rings. The molecule has 2 N–H and O–H groups in total. The van der Waals surface area contributed by atoms with Crippen molar-refractivity contribution in [3.8, 4) is 0 Å². The lowest BCUT2D eigenvalue weighted by Gasteiger charge is -2.14. The minimum atomic E-state index is -0.381. The lowest BCUT2D eigenvalue weighted by molar-refractivity contribution is 0.176. The summed E-state index contributed by atoms with van der Waals surface area (Å²) in [5.41, 5.74) is 0.988. The lowest BCUT2D eigenvalue weighted by Crippen LogP contribution is -2.33. The topological polar surface area (TPSA) is 65.5 Å². The van der Waals surface area contributed by atoms with Crippen LogP contribution in [0.1, 0.15) is 19.0 Å². The Morgan fingerprint density at radius 1 is 1.81 bits per heavy atom. The molecule has 1 aromatic rings. The van der Waals surface area contributed by atoms with Gasteiger partial charge in [0, 0.05) is 18.5 Å². The molecule has 1 saturated heterocycles. The number of thiazole rings is 1. The van der Waals surface area contributed by atoms with Gasteiger partial charge in [0.15, 0.2) is 5.13 Å². The van der Waals surface area contributed by atoms with Crippen molar-refractivity contribution in [1.82, 2.24) is 9.88 Å². The molecule has 88 valence electrons. The maximum absolute atomic E-state index is 11.7. The second-order valence-corrected chi connectivity index (χ2v) is 4.67. The van der Waals surface area contributed by atoms with Gasteiger partial charge in [-0.2, -0.15) is 0 Å². The molecule has 16 heavy (non-hydrogen) atoms. The molecule has 0 radical (unpaired) electrons. The van der Waals surface area contributed by atoms with E-state index in [0.717, 1.165) is 12.1 Å². The van der Waals surface area contributed by atoms with Gasteiger partial charge in [-0.3, -0.25) is 5.32 Å². The Kier molecular flexibility index (Phi) is 3.40. The predicted molar refractivity (Wildman–Crippen MR) is 62.7 cm³/mol. The van der Waals surface area contributed by atoms with Crippen molar-refractivity contribution in [2.45, 2.75) is 25.9 Å². The zero-order chi connectivity index (χ0) is 11.5. The summed E-state index contributed by atoms with van der Waals surface area (Å²) in [7, 11) is 0. The summed E-state index contributed by atoms with van der Waals surface area (Å²) in [6.07, 6.45) is 1.15. The van der Waals surface area contributed by atoms with Crippen molar-refractivity contribution in [2.24, 2.45) is 0 Å². The van der Waals surface area contributed by atoms with Crippen molar-refractivity contribution in [3.63, 3.8) is 0 Å². The highest BCUT2D eigenvalue weighted by molar-refractivity contribution is 7.13. The van der Waals surface area contributed by atoms with Crippen LogP contribution in [0.15, 0.2) is 5.38 Å². The zero-order valence-corrected chi connectivity index (χ0v) is 9.96. The van der Waals surface area contributed by atoms with E-state index in [-0.39, 0.29) is 12.1 Å². The number of carbonyl (C=O) groups excluding carboxylic acids is 1. The van der Waals surface area contributed by atoms with Gasteiger partial charge in [-0.15, -0.1) is 11.3 Å². The van der Waals surface area contributed by atoms with Gasteiger partial charge in [-0.1, -0.05) is 6.92 Å². The van der Waals surface area contributed by atoms with Crippen LogP contribution in [0.2, 0.25) is 0 Å². The number of aromatic nitrogens is 1. The SMILES string of the molecule is CCc1csc(NC(=O)N2CC[C@H](O)C2)n1. The molecule has 1 atom stereocenters. The highest BCUT2D eigenvalue weighted by Gasteiger charge is 2.24. The first-order chi connectivity index (χ1) is 7.69. The first-order valence-corrected chi connectivity index (χ1v) is 6.25. The van der Waals surface area contributed by atoms with E-state index in [1.54, 1.807) is 4.90 Å². The summed E-state index contributed by atoms with van der Waals surface area (Å²) in [5, 5.41) is 14.6. The number of β-amino-alcohol motifs (C(OH)–C–C–N with tert-alkyl or cyclic N) is 1. The molecule has 0 unspecified atom stereocenters. The third kappa shape index (κ3) is 2.51. The van der Waals surface area contributed by atoms with Crippen LogP contribution in [0.25, 0.3) is 0 Å². The molecule has 1 aliphatic heterocycles. The number of rotatable bonds is 2. The van der Waals surface area contributed by atoms with Crippen molar-refractivity contribution in [3.05, 3.63) is 11.1 Å². The van der Waals surface area contributed by atoms with E-state index >= 15 is 0 Å². The van der Waals surface area contributed by atoms with Gasteiger partial charge in [0.05, 0.1) is 11.8 Å². The summed E-state index contributed by atoms with van der Waals surface area (Å²) < 4.78 is 0. The minimum Gasteiger partial charge on any atom is -0.391 e. The van der Waals surface area contributed by atoms with Crippen LogP contribution in [0.5, 0.6) is 0 Å². The molecule has 0 aliphatic carbocycles. The van der Waals surface area contributed by atoms with Crippen LogP contribution in [0.3, 0.4) is 0 Å². The third-order valence-electron chi connectivity index (χ3n) is 2.58. The average Bonchev–Trinajstić information content (AvgIpc) is 2.87. The van der Waals surface area contributed by atoms with Gasteiger partial charge in [0.25, 0.3) is 0 Å². The maximum atomic E-state index is 11.7. The van der Waals surface area contributed by atoms with E-state index in [0.29, 0.717) is 24.6 Å². The summed E-state index contributed by atoms with van der Waals surface area (Å²) >= 11 is 1.43. The quantitative estimate of drug-likeness (QED) is 0.820. The van der Waals surface area contributed by atoms with Crippen LogP contribution in [-0.2, 0) is 6.42 Å². The zero-order valence-electron chi connectivity index (χ0n) is 9.14. The van der Waals surface area contributed by atoms with E-state index in [4.69, 9.17) is 0 Å². The van der Waals surface area contributed by atoms with Crippen LogP contribution in [-0.4, -0.2) is 40.2 Å². The van der Waals surface area contributed by atoms with Gasteiger partial charge >= 0.3 is 6.03 Å². The lowest BCUT2D eigenvalue weighted by atomic mass is 10.3. The number of hydrogen-bond acceptors (Lipinski definition) is 4. The minimum absolute atomic E-state index is 0.173. The fraction of sp³-hybridized carbons (Fsp3) is 0.600. The van der Waals surface area contributed by atoms with Crippen LogP contribution in [0, 0.1) is 0 Å². The highest BCUT2D eigenvalue weighted by Crippen LogP contribution is 2.17. The summed E-state index contributed by atoms with van der Waals surface area (Å²) in [4.78, 5) is 17.6. The monoisotopic (exact) mass is 241 g/mol. The number of amides is 2. The largest absolute Gasteiger partial charge is 0.391 e. The van der Waals surface area contributed by atoms with E-state index in [1.165, 1.54) is 11.3 Å². The number of carbonyl (C=O) groups is 1. The Morgan fingerprint density at radius 2 is 2.62 bits per heavy atom. The van der Waals surface area contributed by atoms with Gasteiger partial charge < -0.3 is 10.0 Å². The molecule has 0 aromatic carbocycles. The standard InChI is InChI=1S/C10H15N3O2S/c1-2-7-6-16-9(11-7)12-10(15)13-4-3-8(14)5-13/h6,8,14H,2-5H2,1H3,(H,11,12,15)/t8-/m0/s1. The third-order valence-corrected chi connectivity index (χ3v) is 3.38. The number of aryl methyl sites for hydroxylation is 1. The number of aliphatic hydroxyl groups is 1. The van der Waals surface area contributed by atoms with Gasteiger partial charge in [0.1, 0.15) is 0 Å². The molecule has 2 heterocycles. The molecule has 1 aliphatic rings. The molecule has 2 rings (SSSR count). The van der Waals surface area contributed by atoms with Gasteiger partial charge in [-0.25, -0.2) is 9.78 Å². The normalized spacial score (nSPS) is 20.1. The molecule has 6 heteroatoms. The van der Waals surface area contributed by atoms with E-state index in [2.05, 4.69) is 10.3 Å². The number of nitrogens with zero attached hydrogens (tertiary/aromatic N) is 2. The first-order valence-electron chi connectivity index (χ1n) is 5.37. The number of hydrogen-bond donors (Lipinski definition) is 2. The first kappa shape index (κ1) is 11.3. The summed E-state index contributed by atoms with van der Waals surface area (Å²) in [6.45, 7) is 3.05. The number of likely N-dealkylation sites (tertiary alicyclic amines) is 1. The Morgan fingerprint density at radius 3 is 3.19 bits per heavy atom. The molecular weight excluding hydrogens is 226 g/mol. The Labute approximate surface area is 98.1 Å². The molecule has 0 saturated carbocycles. The number of aliphatic hydroxyl groups excluding tert-OH is 1. The van der Waals surface area contributed by atoms with Crippen molar-refractivity contribution >= 4 is 22.5 Å². The number of anilines is 1. The van der Waals surface area contributed by atoms with Crippen LogP contribution < -0.4 is 5.32 Å². The molecule has 1 aromatic heterocycles. The number of nitrogens with one attached hydrogen (secondary N) is 1.